The molecule has 1 fully saturated rings. The van der Waals surface area contributed by atoms with Crippen LogP contribution in [0.4, 0.5) is 5.69 Å². The number of anilines is 1. The maximum Gasteiger partial charge on any atom is 0.227 e. The lowest BCUT2D eigenvalue weighted by molar-refractivity contribution is -0.132. The minimum absolute atomic E-state index is 0.0324. The number of likely N-dealkylation sites (tertiary alicyclic amines) is 1. The van der Waals surface area contributed by atoms with E-state index >= 15 is 0 Å². The van der Waals surface area contributed by atoms with Gasteiger partial charge in [-0.25, -0.2) is 0 Å². The van der Waals surface area contributed by atoms with Crippen LogP contribution in [0.2, 0.25) is 0 Å². The highest BCUT2D eigenvalue weighted by Gasteiger charge is 2.29. The Morgan fingerprint density at radius 3 is 2.78 bits per heavy atom. The van der Waals surface area contributed by atoms with E-state index in [1.54, 1.807) is 7.11 Å². The topological polar surface area (TPSA) is 74.4 Å². The van der Waals surface area contributed by atoms with Gasteiger partial charge in [0, 0.05) is 48.2 Å². The van der Waals surface area contributed by atoms with Crippen molar-refractivity contribution in [2.24, 2.45) is 5.92 Å². The van der Waals surface area contributed by atoms with Crippen molar-refractivity contribution in [2.75, 3.05) is 25.5 Å². The molecule has 6 heteroatoms. The number of para-hydroxylation sites is 1. The molecular formula is C26H29N3O3. The summed E-state index contributed by atoms with van der Waals surface area (Å²) in [5.41, 5.74) is 4.48. The molecule has 2 N–H and O–H groups in total. The summed E-state index contributed by atoms with van der Waals surface area (Å²) in [5.74, 6) is 1.36. The fourth-order valence-electron chi connectivity index (χ4n) is 5.13. The number of benzene rings is 2. The number of hydrogen-bond acceptors (Lipinski definition) is 3. The Kier molecular flexibility index (Phi) is 5.60. The normalized spacial score (nSPS) is 19.0. The molecule has 166 valence electrons. The smallest absolute Gasteiger partial charge is 0.227 e. The van der Waals surface area contributed by atoms with Gasteiger partial charge in [0.25, 0.3) is 0 Å². The van der Waals surface area contributed by atoms with E-state index in [-0.39, 0.29) is 17.7 Å². The Labute approximate surface area is 187 Å². The molecule has 1 unspecified atom stereocenters. The third-order valence-electron chi connectivity index (χ3n) is 7.03. The number of piperidine rings is 1. The van der Waals surface area contributed by atoms with E-state index in [0.717, 1.165) is 48.4 Å². The van der Waals surface area contributed by atoms with Crippen LogP contribution in [0, 0.1) is 5.92 Å². The quantitative estimate of drug-likeness (QED) is 0.626. The molecule has 1 saturated heterocycles. The van der Waals surface area contributed by atoms with Crippen molar-refractivity contribution in [1.29, 1.82) is 0 Å². The first-order valence-electron chi connectivity index (χ1n) is 11.4. The number of amides is 2. The standard InChI is InChI=1S/C26H29N3O3/c1-32-20-7-8-24-21(15-20)22(16-27-24)17-10-12-29(13-11-17)25(30)9-6-19-14-18-4-2-3-5-23(18)28-26(19)31/h2-5,7-8,15-17,19,27H,6,9-14H2,1H3,(H,28,31). The van der Waals surface area contributed by atoms with Crippen molar-refractivity contribution in [2.45, 2.75) is 38.0 Å². The van der Waals surface area contributed by atoms with Crippen LogP contribution in [0.3, 0.4) is 0 Å². The van der Waals surface area contributed by atoms with Gasteiger partial charge in [-0.1, -0.05) is 18.2 Å². The zero-order valence-electron chi connectivity index (χ0n) is 18.4. The molecule has 5 rings (SSSR count). The Balaban J connectivity index is 1.16. The van der Waals surface area contributed by atoms with Crippen molar-refractivity contribution in [3.63, 3.8) is 0 Å². The molecule has 0 aliphatic carbocycles. The summed E-state index contributed by atoms with van der Waals surface area (Å²) in [6.07, 6.45) is 5.74. The van der Waals surface area contributed by atoms with E-state index in [0.29, 0.717) is 25.2 Å². The molecule has 0 radical (unpaired) electrons. The van der Waals surface area contributed by atoms with Crippen molar-refractivity contribution in [3.8, 4) is 5.75 Å². The van der Waals surface area contributed by atoms with Gasteiger partial charge in [-0.2, -0.15) is 0 Å². The summed E-state index contributed by atoms with van der Waals surface area (Å²) in [5, 5.41) is 4.19. The fourth-order valence-corrected chi connectivity index (χ4v) is 5.13. The van der Waals surface area contributed by atoms with Crippen molar-refractivity contribution >= 4 is 28.4 Å². The van der Waals surface area contributed by atoms with Gasteiger partial charge in [-0.05, 0) is 67.0 Å². The second-order valence-electron chi connectivity index (χ2n) is 8.90. The Bertz CT molecular complexity index is 1140. The zero-order chi connectivity index (χ0) is 22.1. The average Bonchev–Trinajstić information content (AvgIpc) is 3.25. The van der Waals surface area contributed by atoms with E-state index in [9.17, 15) is 9.59 Å². The number of carbonyl (C=O) groups is 2. The molecule has 3 heterocycles. The van der Waals surface area contributed by atoms with Gasteiger partial charge in [0.15, 0.2) is 0 Å². The number of methoxy groups -OCH3 is 1. The first-order valence-corrected chi connectivity index (χ1v) is 11.4. The van der Waals surface area contributed by atoms with E-state index in [2.05, 4.69) is 34.7 Å². The molecule has 3 aromatic rings. The van der Waals surface area contributed by atoms with Crippen LogP contribution >= 0.6 is 0 Å². The summed E-state index contributed by atoms with van der Waals surface area (Å²) in [4.78, 5) is 30.6. The summed E-state index contributed by atoms with van der Waals surface area (Å²) >= 11 is 0. The number of aromatic nitrogens is 1. The van der Waals surface area contributed by atoms with Crippen LogP contribution in [0.25, 0.3) is 10.9 Å². The van der Waals surface area contributed by atoms with Crippen molar-refractivity contribution in [3.05, 3.63) is 59.8 Å². The van der Waals surface area contributed by atoms with Crippen LogP contribution in [0.5, 0.6) is 5.75 Å². The molecule has 6 nitrogen and oxygen atoms in total. The SMILES string of the molecule is COc1ccc2[nH]cc(C3CCN(C(=O)CCC4Cc5ccccc5NC4=O)CC3)c2c1. The number of fused-ring (bicyclic) bond motifs is 2. The Morgan fingerprint density at radius 2 is 1.97 bits per heavy atom. The molecule has 0 spiro atoms. The van der Waals surface area contributed by atoms with E-state index < -0.39 is 0 Å². The van der Waals surface area contributed by atoms with Crippen LogP contribution in [-0.2, 0) is 16.0 Å². The predicted octanol–water partition coefficient (Wildman–Crippen LogP) is 4.47. The van der Waals surface area contributed by atoms with Crippen molar-refractivity contribution in [1.82, 2.24) is 9.88 Å². The number of carbonyl (C=O) groups excluding carboxylic acids is 2. The number of nitrogens with one attached hydrogen (secondary N) is 2. The first kappa shape index (κ1) is 20.6. The third kappa shape index (κ3) is 3.97. The van der Waals surface area contributed by atoms with Crippen LogP contribution in [0.1, 0.15) is 42.7 Å². The molecule has 2 aliphatic rings. The molecular weight excluding hydrogens is 402 g/mol. The van der Waals surface area contributed by atoms with E-state index in [1.165, 1.54) is 10.9 Å². The van der Waals surface area contributed by atoms with Crippen molar-refractivity contribution < 1.29 is 14.3 Å². The number of nitrogens with zero attached hydrogens (tertiary/aromatic N) is 1. The summed E-state index contributed by atoms with van der Waals surface area (Å²) in [7, 11) is 1.69. The highest BCUT2D eigenvalue weighted by Crippen LogP contribution is 2.35. The summed E-state index contributed by atoms with van der Waals surface area (Å²) < 4.78 is 5.39. The van der Waals surface area contributed by atoms with Gasteiger partial charge in [0.1, 0.15) is 5.75 Å². The molecule has 1 aromatic heterocycles. The highest BCUT2D eigenvalue weighted by molar-refractivity contribution is 5.96. The molecule has 2 aromatic carbocycles. The van der Waals surface area contributed by atoms with Crippen LogP contribution in [0.15, 0.2) is 48.7 Å². The number of H-pyrrole nitrogens is 1. The lowest BCUT2D eigenvalue weighted by atomic mass is 9.88. The third-order valence-corrected chi connectivity index (χ3v) is 7.03. The number of ether oxygens (including phenoxy) is 1. The summed E-state index contributed by atoms with van der Waals surface area (Å²) in [6.45, 7) is 1.53. The molecule has 2 aliphatic heterocycles. The lowest BCUT2D eigenvalue weighted by Crippen LogP contribution is -2.38. The lowest BCUT2D eigenvalue weighted by Gasteiger charge is -2.32. The Morgan fingerprint density at radius 1 is 1.16 bits per heavy atom. The van der Waals surface area contributed by atoms with Gasteiger partial charge in [0.2, 0.25) is 11.8 Å². The molecule has 0 bridgehead atoms. The number of aromatic amines is 1. The average molecular weight is 432 g/mol. The second-order valence-corrected chi connectivity index (χ2v) is 8.90. The summed E-state index contributed by atoms with van der Waals surface area (Å²) in [6, 6.07) is 14.0. The largest absolute Gasteiger partial charge is 0.497 e. The fraction of sp³-hybridized carbons (Fsp3) is 0.385. The number of rotatable bonds is 5. The second kappa shape index (κ2) is 8.69. The monoisotopic (exact) mass is 431 g/mol. The first-order chi connectivity index (χ1) is 15.6. The molecule has 1 atom stereocenters. The highest BCUT2D eigenvalue weighted by atomic mass is 16.5. The van der Waals surface area contributed by atoms with Gasteiger partial charge in [-0.15, -0.1) is 0 Å². The maximum atomic E-state index is 12.9. The Hall–Kier alpha value is -3.28. The van der Waals surface area contributed by atoms with E-state index in [1.807, 2.05) is 29.2 Å². The van der Waals surface area contributed by atoms with Gasteiger partial charge in [-0.3, -0.25) is 9.59 Å². The van der Waals surface area contributed by atoms with Crippen LogP contribution < -0.4 is 10.1 Å². The minimum Gasteiger partial charge on any atom is -0.497 e. The maximum absolute atomic E-state index is 12.9. The number of hydrogen-bond donors (Lipinski definition) is 2. The van der Waals surface area contributed by atoms with Gasteiger partial charge in [0.05, 0.1) is 7.11 Å². The van der Waals surface area contributed by atoms with Gasteiger partial charge >= 0.3 is 0 Å². The molecule has 2 amide bonds. The van der Waals surface area contributed by atoms with E-state index in [4.69, 9.17) is 4.74 Å². The molecule has 32 heavy (non-hydrogen) atoms. The molecule has 0 saturated carbocycles. The minimum atomic E-state index is -0.132. The van der Waals surface area contributed by atoms with Gasteiger partial charge < -0.3 is 19.9 Å². The van der Waals surface area contributed by atoms with Crippen LogP contribution in [-0.4, -0.2) is 41.9 Å². The predicted molar refractivity (Wildman–Crippen MR) is 125 cm³/mol. The zero-order valence-corrected chi connectivity index (χ0v) is 18.4.